The fraction of sp³-hybridized carbons (Fsp3) is 0.200. The van der Waals surface area contributed by atoms with Gasteiger partial charge in [-0.2, -0.15) is 48.3 Å². The number of rotatable bonds is 6. The number of amides is 2. The van der Waals surface area contributed by atoms with Crippen molar-refractivity contribution >= 4 is 45.8 Å². The molecule has 0 saturated carbocycles. The molecule has 0 aliphatic carbocycles. The summed E-state index contributed by atoms with van der Waals surface area (Å²) in [6.07, 6.45) is -20.1. The molecule has 3 aromatic rings. The molecule has 0 heterocycles. The van der Waals surface area contributed by atoms with Gasteiger partial charge in [0.2, 0.25) is 0 Å². The Kier molecular flexibility index (Phi) is 9.26. The summed E-state index contributed by atoms with van der Waals surface area (Å²) >= 11 is 0.754. The molecule has 1 unspecified atom stereocenters. The molecule has 44 heavy (non-hydrogen) atoms. The Bertz CT molecular complexity index is 1580. The normalized spacial score (nSPS) is 14.2. The van der Waals surface area contributed by atoms with Gasteiger partial charge in [-0.3, -0.25) is 9.59 Å². The van der Waals surface area contributed by atoms with E-state index in [1.807, 2.05) is 5.32 Å². The quantitative estimate of drug-likeness (QED) is 0.195. The molecule has 0 aliphatic rings. The third-order valence-corrected chi connectivity index (χ3v) is 6.63. The Morgan fingerprint density at radius 1 is 0.659 bits per heavy atom. The van der Waals surface area contributed by atoms with Gasteiger partial charge < -0.3 is 10.6 Å². The molecular formula is C25H11F14IN2O2. The topological polar surface area (TPSA) is 58.2 Å². The van der Waals surface area contributed by atoms with Crippen LogP contribution < -0.4 is 10.6 Å². The van der Waals surface area contributed by atoms with Gasteiger partial charge in [0.1, 0.15) is 17.2 Å². The molecule has 1 atom stereocenters. The van der Waals surface area contributed by atoms with Crippen LogP contribution in [0.2, 0.25) is 0 Å². The summed E-state index contributed by atoms with van der Waals surface area (Å²) in [5.41, 5.74) is -15.3. The Balaban J connectivity index is 2.06. The van der Waals surface area contributed by atoms with Crippen LogP contribution in [-0.2, 0) is 11.8 Å². The Hall–Kier alpha value is -3.65. The fourth-order valence-corrected chi connectivity index (χ4v) is 4.47. The molecule has 3 rings (SSSR count). The number of hydrogen-bond donors (Lipinski definition) is 2. The first kappa shape index (κ1) is 34.8. The van der Waals surface area contributed by atoms with Crippen LogP contribution in [-0.4, -0.2) is 30.1 Å². The lowest BCUT2D eigenvalue weighted by atomic mass is 9.86. The van der Waals surface area contributed by atoms with E-state index in [0.29, 0.717) is 0 Å². The van der Waals surface area contributed by atoms with E-state index in [1.54, 1.807) is 5.32 Å². The first-order valence-electron chi connectivity index (χ1n) is 11.2. The minimum absolute atomic E-state index is 0.340. The van der Waals surface area contributed by atoms with E-state index in [0.717, 1.165) is 65.1 Å². The highest BCUT2D eigenvalue weighted by Gasteiger charge is 2.82. The van der Waals surface area contributed by atoms with E-state index < -0.39 is 91.1 Å². The largest absolute Gasteiger partial charge is 0.457 e. The molecule has 4 nitrogen and oxygen atoms in total. The SMILES string of the molecule is O=C(Nc1c(I)cc(C(F)(C(F)(F)F)C(F)(F)C(F)(F)F)cc1C(F)(F)F)c1cccc(NC(=O)c2c(F)cccc2F)c1. The molecule has 3 aromatic carbocycles. The zero-order valence-electron chi connectivity index (χ0n) is 20.7. The van der Waals surface area contributed by atoms with Gasteiger partial charge >= 0.3 is 30.1 Å². The van der Waals surface area contributed by atoms with Crippen molar-refractivity contribution in [3.8, 4) is 0 Å². The molecule has 0 aliphatic heterocycles. The number of halogens is 15. The molecule has 19 heteroatoms. The summed E-state index contributed by atoms with van der Waals surface area (Å²) in [5, 5.41) is 3.62. The first-order valence-corrected chi connectivity index (χ1v) is 12.3. The van der Waals surface area contributed by atoms with Gasteiger partial charge in [-0.1, -0.05) is 12.1 Å². The van der Waals surface area contributed by atoms with E-state index in [4.69, 9.17) is 0 Å². The van der Waals surface area contributed by atoms with Crippen LogP contribution >= 0.6 is 22.6 Å². The highest BCUT2D eigenvalue weighted by molar-refractivity contribution is 14.1. The van der Waals surface area contributed by atoms with Crippen LogP contribution in [0.25, 0.3) is 0 Å². The average Bonchev–Trinajstić information content (AvgIpc) is 2.87. The Morgan fingerprint density at radius 2 is 1.20 bits per heavy atom. The second kappa shape index (κ2) is 11.7. The standard InChI is InChI=1S/C25H11F14IN2O2/c26-14-5-2-6-15(27)17(14)20(44)41-12-4-1-3-10(7-12)19(43)42-18-13(22(29,30)31)8-11(9-16(18)40)21(28,24(34,35)36)23(32,33)25(37,38)39/h1-9H,(H,41,44)(H,42,43). The van der Waals surface area contributed by atoms with Gasteiger partial charge in [-0.25, -0.2) is 13.2 Å². The van der Waals surface area contributed by atoms with Crippen molar-refractivity contribution in [2.24, 2.45) is 0 Å². The van der Waals surface area contributed by atoms with Gasteiger partial charge in [0, 0.05) is 20.4 Å². The Morgan fingerprint density at radius 3 is 1.70 bits per heavy atom. The van der Waals surface area contributed by atoms with Gasteiger partial charge in [0.05, 0.1) is 11.3 Å². The number of hydrogen-bond acceptors (Lipinski definition) is 2. The minimum atomic E-state index is -7.26. The molecule has 2 amide bonds. The van der Waals surface area contributed by atoms with Crippen LogP contribution in [0, 0.1) is 15.2 Å². The maximum atomic E-state index is 14.9. The summed E-state index contributed by atoms with van der Waals surface area (Å²) in [6, 6.07) is 4.94. The van der Waals surface area contributed by atoms with Crippen molar-refractivity contribution in [3.63, 3.8) is 0 Å². The smallest absolute Gasteiger partial charge is 0.322 e. The van der Waals surface area contributed by atoms with Gasteiger partial charge in [-0.05, 0) is 65.1 Å². The summed E-state index contributed by atoms with van der Waals surface area (Å²) in [4.78, 5) is 25.0. The minimum Gasteiger partial charge on any atom is -0.322 e. The molecule has 0 saturated heterocycles. The second-order valence-electron chi connectivity index (χ2n) is 8.69. The second-order valence-corrected chi connectivity index (χ2v) is 9.85. The molecule has 0 aromatic heterocycles. The van der Waals surface area contributed by atoms with Crippen molar-refractivity contribution in [2.75, 3.05) is 10.6 Å². The van der Waals surface area contributed by atoms with Crippen molar-refractivity contribution in [1.29, 1.82) is 0 Å². The van der Waals surface area contributed by atoms with Crippen molar-refractivity contribution in [3.05, 3.63) is 92.1 Å². The van der Waals surface area contributed by atoms with E-state index >= 15 is 0 Å². The fourth-order valence-electron chi connectivity index (χ4n) is 3.71. The van der Waals surface area contributed by atoms with Gasteiger partial charge in [0.15, 0.2) is 0 Å². The highest BCUT2D eigenvalue weighted by Crippen LogP contribution is 2.59. The summed E-state index contributed by atoms with van der Waals surface area (Å²) in [7, 11) is 0. The lowest BCUT2D eigenvalue weighted by Crippen LogP contribution is -2.59. The van der Waals surface area contributed by atoms with E-state index in [2.05, 4.69) is 0 Å². The van der Waals surface area contributed by atoms with Crippen LogP contribution in [0.3, 0.4) is 0 Å². The van der Waals surface area contributed by atoms with Crippen molar-refractivity contribution in [2.45, 2.75) is 30.1 Å². The van der Waals surface area contributed by atoms with Crippen molar-refractivity contribution < 1.29 is 71.1 Å². The lowest BCUT2D eigenvalue weighted by Gasteiger charge is -2.36. The third-order valence-electron chi connectivity index (χ3n) is 5.78. The number of benzene rings is 3. The molecule has 238 valence electrons. The van der Waals surface area contributed by atoms with Crippen LogP contribution in [0.1, 0.15) is 31.8 Å². The molecule has 0 spiro atoms. The summed E-state index contributed by atoms with van der Waals surface area (Å²) < 4.78 is 189. The van der Waals surface area contributed by atoms with E-state index in [9.17, 15) is 71.1 Å². The van der Waals surface area contributed by atoms with Gasteiger partial charge in [0.25, 0.3) is 11.8 Å². The van der Waals surface area contributed by atoms with Crippen molar-refractivity contribution in [1.82, 2.24) is 0 Å². The number of anilines is 2. The Labute approximate surface area is 249 Å². The first-order chi connectivity index (χ1) is 19.9. The number of carbonyl (C=O) groups is 2. The van der Waals surface area contributed by atoms with Crippen LogP contribution in [0.15, 0.2) is 54.6 Å². The van der Waals surface area contributed by atoms with Crippen LogP contribution in [0.5, 0.6) is 0 Å². The molecular weight excluding hydrogens is 753 g/mol. The third kappa shape index (κ3) is 6.41. The predicted molar refractivity (Wildman–Crippen MR) is 133 cm³/mol. The summed E-state index contributed by atoms with van der Waals surface area (Å²) in [5.74, 6) is -12.7. The van der Waals surface area contributed by atoms with Gasteiger partial charge in [-0.15, -0.1) is 0 Å². The molecule has 2 N–H and O–H groups in total. The zero-order valence-corrected chi connectivity index (χ0v) is 22.8. The average molecular weight is 764 g/mol. The monoisotopic (exact) mass is 764 g/mol. The number of carbonyl (C=O) groups excluding carboxylic acids is 2. The predicted octanol–water partition coefficient (Wildman–Crippen LogP) is 9.02. The maximum Gasteiger partial charge on any atom is 0.457 e. The molecule has 0 fully saturated rings. The number of alkyl halides is 12. The zero-order chi connectivity index (χ0) is 33.6. The summed E-state index contributed by atoms with van der Waals surface area (Å²) in [6.45, 7) is 0. The lowest BCUT2D eigenvalue weighted by molar-refractivity contribution is -0.389. The maximum absolute atomic E-state index is 14.9. The molecule has 0 bridgehead atoms. The number of nitrogens with one attached hydrogen (secondary N) is 2. The van der Waals surface area contributed by atoms with Crippen LogP contribution in [0.4, 0.5) is 72.8 Å². The highest BCUT2D eigenvalue weighted by atomic mass is 127. The van der Waals surface area contributed by atoms with E-state index in [-0.39, 0.29) is 11.8 Å². The van der Waals surface area contributed by atoms with E-state index in [1.165, 1.54) is 0 Å². The molecule has 0 radical (unpaired) electrons.